The molecule has 0 fully saturated rings. The average Bonchev–Trinajstić information content (AvgIpc) is 3.73. The first-order valence-corrected chi connectivity index (χ1v) is 43.0. The zero-order valence-electron chi connectivity index (χ0n) is 64.8. The normalized spacial score (nSPS) is 11.7. The van der Waals surface area contributed by atoms with Crippen LogP contribution in [0.4, 0.5) is 0 Å². The molecule has 0 saturated heterocycles. The number of hydrogen-bond donors (Lipinski definition) is 3. The minimum absolute atomic E-state index is 0.131. The molecule has 0 aliphatic heterocycles. The summed E-state index contributed by atoms with van der Waals surface area (Å²) in [6.07, 6.45) is 76.2. The Labute approximate surface area is 592 Å². The van der Waals surface area contributed by atoms with E-state index in [4.69, 9.17) is 0 Å². The molecule has 95 heavy (non-hydrogen) atoms. The quantitative estimate of drug-likeness (QED) is 0.0518. The Hall–Kier alpha value is -2.33. The van der Waals surface area contributed by atoms with E-state index >= 15 is 0 Å². The van der Waals surface area contributed by atoms with Crippen molar-refractivity contribution in [2.45, 2.75) is 452 Å². The van der Waals surface area contributed by atoms with Crippen molar-refractivity contribution in [2.24, 2.45) is 5.92 Å². The van der Waals surface area contributed by atoms with Gasteiger partial charge < -0.3 is 25.8 Å². The largest absolute Gasteiger partial charge is 0.356 e. The van der Waals surface area contributed by atoms with Crippen LogP contribution in [-0.2, 0) is 24.0 Å². The SMILES string of the molecule is CCCCCCCCCCCCCC(=O)CCN(CCC(=O)CCCCCCCCCCCCC)CCN(CCCCCC(CCC(=O)NCCCCCCCCCCCC)CCC(=O)NCCCCCCCCCCCC)CCC(=O)NCCCCCCCCCCCC. The fourth-order valence-corrected chi connectivity index (χ4v) is 13.8. The van der Waals surface area contributed by atoms with Crippen LogP contribution in [0.2, 0.25) is 0 Å². The first kappa shape index (κ1) is 92.7. The maximum Gasteiger partial charge on any atom is 0.221 e. The van der Waals surface area contributed by atoms with Crippen molar-refractivity contribution in [1.29, 1.82) is 0 Å². The number of hydrogen-bond acceptors (Lipinski definition) is 7. The van der Waals surface area contributed by atoms with E-state index in [1.54, 1.807) is 0 Å². The predicted octanol–water partition coefficient (Wildman–Crippen LogP) is 24.1. The number of carbonyl (C=O) groups excluding carboxylic acids is 5. The van der Waals surface area contributed by atoms with Crippen molar-refractivity contribution >= 4 is 29.3 Å². The molecule has 0 saturated carbocycles. The highest BCUT2D eigenvalue weighted by Crippen LogP contribution is 2.23. The second-order valence-corrected chi connectivity index (χ2v) is 30.0. The van der Waals surface area contributed by atoms with Gasteiger partial charge in [0.15, 0.2) is 0 Å². The van der Waals surface area contributed by atoms with Crippen molar-refractivity contribution in [1.82, 2.24) is 25.8 Å². The number of carbonyl (C=O) groups is 5. The molecular weight excluding hydrogens is 1170 g/mol. The highest BCUT2D eigenvalue weighted by atomic mass is 16.2. The van der Waals surface area contributed by atoms with Gasteiger partial charge >= 0.3 is 0 Å². The monoisotopic (exact) mass is 1340 g/mol. The molecule has 3 amide bonds. The molecule has 0 aromatic carbocycles. The van der Waals surface area contributed by atoms with Gasteiger partial charge in [-0.2, -0.15) is 0 Å². The van der Waals surface area contributed by atoms with E-state index in [2.05, 4.69) is 60.4 Å². The molecule has 0 bridgehead atoms. The standard InChI is InChI=1S/C85H167N5O5/c1-6-11-16-21-26-31-36-38-43-48-55-62-81(91)68-75-90(76-69-82(92)63-56-49-44-39-37-32-27-22-17-12-7-2)79-78-89(77-70-85(95)88-73-59-52-47-42-35-30-25-20-15-10-5)74-60-53-54-61-80(64-66-83(93)86-71-57-50-45-40-33-28-23-18-13-8-3)65-67-84(94)87-72-58-51-46-41-34-29-24-19-14-9-4/h80H,6-79H2,1-5H3,(H,86,93)(H,87,94)(H,88,95). The van der Waals surface area contributed by atoms with E-state index in [0.717, 1.165) is 123 Å². The molecular formula is C85H167N5O5. The summed E-state index contributed by atoms with van der Waals surface area (Å²) >= 11 is 0. The number of rotatable bonds is 81. The van der Waals surface area contributed by atoms with E-state index in [0.29, 0.717) is 82.1 Å². The lowest BCUT2D eigenvalue weighted by Crippen LogP contribution is -2.39. The lowest BCUT2D eigenvalue weighted by atomic mass is 9.91. The van der Waals surface area contributed by atoms with Gasteiger partial charge in [0, 0.05) is 97.3 Å². The average molecular weight is 1340 g/mol. The van der Waals surface area contributed by atoms with E-state index in [1.165, 1.54) is 289 Å². The maximum atomic E-state index is 13.5. The summed E-state index contributed by atoms with van der Waals surface area (Å²) in [5.41, 5.74) is 0. The van der Waals surface area contributed by atoms with Gasteiger partial charge in [0.1, 0.15) is 11.6 Å². The maximum absolute atomic E-state index is 13.5. The molecule has 562 valence electrons. The Balaban J connectivity index is 5.83. The van der Waals surface area contributed by atoms with Gasteiger partial charge in [-0.25, -0.2) is 0 Å². The van der Waals surface area contributed by atoms with E-state index in [1.807, 2.05) is 0 Å². The van der Waals surface area contributed by atoms with Gasteiger partial charge in [-0.15, -0.1) is 0 Å². The Kier molecular flexibility index (Phi) is 75.5. The minimum atomic E-state index is 0.131. The fraction of sp³-hybridized carbons (Fsp3) is 0.941. The number of nitrogens with zero attached hydrogens (tertiary/aromatic N) is 2. The van der Waals surface area contributed by atoms with Crippen LogP contribution in [0.5, 0.6) is 0 Å². The van der Waals surface area contributed by atoms with Crippen LogP contribution in [0.15, 0.2) is 0 Å². The van der Waals surface area contributed by atoms with Crippen LogP contribution in [0.1, 0.15) is 452 Å². The predicted molar refractivity (Wildman–Crippen MR) is 414 cm³/mol. The second-order valence-electron chi connectivity index (χ2n) is 30.0. The van der Waals surface area contributed by atoms with Crippen molar-refractivity contribution in [3.63, 3.8) is 0 Å². The molecule has 0 radical (unpaired) electrons. The lowest BCUT2D eigenvalue weighted by molar-refractivity contribution is -0.122. The van der Waals surface area contributed by atoms with Crippen LogP contribution in [0.25, 0.3) is 0 Å². The third-order valence-electron chi connectivity index (χ3n) is 20.6. The highest BCUT2D eigenvalue weighted by molar-refractivity contribution is 5.79. The van der Waals surface area contributed by atoms with Crippen molar-refractivity contribution < 1.29 is 24.0 Å². The minimum Gasteiger partial charge on any atom is -0.356 e. The number of Topliss-reactive ketones (excluding diaryl/α,β-unsaturated/α-hetero) is 2. The van der Waals surface area contributed by atoms with E-state index < -0.39 is 0 Å². The van der Waals surface area contributed by atoms with Crippen LogP contribution < -0.4 is 16.0 Å². The summed E-state index contributed by atoms with van der Waals surface area (Å²) < 4.78 is 0. The van der Waals surface area contributed by atoms with Crippen molar-refractivity contribution in [3.8, 4) is 0 Å². The number of ketones is 2. The first-order valence-electron chi connectivity index (χ1n) is 43.0. The zero-order chi connectivity index (χ0) is 69.1. The molecule has 0 spiro atoms. The Bertz CT molecular complexity index is 1540. The van der Waals surface area contributed by atoms with E-state index in [9.17, 15) is 24.0 Å². The Morgan fingerprint density at radius 3 is 0.737 bits per heavy atom. The smallest absolute Gasteiger partial charge is 0.221 e. The molecule has 0 aromatic heterocycles. The molecule has 0 heterocycles. The summed E-state index contributed by atoms with van der Waals surface area (Å²) in [5, 5.41) is 9.72. The third-order valence-corrected chi connectivity index (χ3v) is 20.6. The molecule has 0 rings (SSSR count). The molecule has 0 aliphatic carbocycles. The van der Waals surface area contributed by atoms with Crippen molar-refractivity contribution in [2.75, 3.05) is 58.9 Å². The van der Waals surface area contributed by atoms with Crippen molar-refractivity contribution in [3.05, 3.63) is 0 Å². The zero-order valence-corrected chi connectivity index (χ0v) is 64.8. The Morgan fingerprint density at radius 1 is 0.211 bits per heavy atom. The summed E-state index contributed by atoms with van der Waals surface area (Å²) in [6, 6.07) is 0. The molecule has 0 aromatic rings. The van der Waals surface area contributed by atoms with Crippen LogP contribution in [-0.4, -0.2) is 98.0 Å². The first-order chi connectivity index (χ1) is 46.7. The number of amides is 3. The van der Waals surface area contributed by atoms with Crippen LogP contribution >= 0.6 is 0 Å². The van der Waals surface area contributed by atoms with Crippen LogP contribution in [0.3, 0.4) is 0 Å². The van der Waals surface area contributed by atoms with Crippen LogP contribution in [0, 0.1) is 5.92 Å². The topological polar surface area (TPSA) is 128 Å². The van der Waals surface area contributed by atoms with Gasteiger partial charge in [0.2, 0.25) is 17.7 Å². The molecule has 0 unspecified atom stereocenters. The number of unbranched alkanes of at least 4 members (excludes halogenated alkanes) is 49. The Morgan fingerprint density at radius 2 is 0.442 bits per heavy atom. The van der Waals surface area contributed by atoms with Gasteiger partial charge in [-0.05, 0) is 63.8 Å². The van der Waals surface area contributed by atoms with Gasteiger partial charge in [0.25, 0.3) is 0 Å². The third kappa shape index (κ3) is 72.7. The van der Waals surface area contributed by atoms with Gasteiger partial charge in [-0.1, -0.05) is 356 Å². The summed E-state index contributed by atoms with van der Waals surface area (Å²) in [6.45, 7) is 18.2. The molecule has 0 atom stereocenters. The molecule has 0 aliphatic rings. The summed E-state index contributed by atoms with van der Waals surface area (Å²) in [7, 11) is 0. The number of nitrogens with one attached hydrogen (secondary N) is 3. The van der Waals surface area contributed by atoms with Gasteiger partial charge in [-0.3, -0.25) is 24.0 Å². The lowest BCUT2D eigenvalue weighted by Gasteiger charge is -2.28. The molecule has 10 heteroatoms. The summed E-state index contributed by atoms with van der Waals surface area (Å²) in [5.74, 6) is 1.45. The van der Waals surface area contributed by atoms with Gasteiger partial charge in [0.05, 0.1) is 0 Å². The second kappa shape index (κ2) is 77.4. The highest BCUT2D eigenvalue weighted by Gasteiger charge is 2.17. The van der Waals surface area contributed by atoms with E-state index in [-0.39, 0.29) is 17.7 Å². The summed E-state index contributed by atoms with van der Waals surface area (Å²) in [4.78, 5) is 71.7. The molecule has 3 N–H and O–H groups in total. The fourth-order valence-electron chi connectivity index (χ4n) is 13.8. The molecule has 10 nitrogen and oxygen atoms in total.